The number of thiazole rings is 1. The number of aryl methyl sites for hydroxylation is 1. The van der Waals surface area contributed by atoms with Gasteiger partial charge in [0.05, 0.1) is 15.5 Å². The molecule has 0 saturated carbocycles. The Morgan fingerprint density at radius 2 is 2.27 bits per heavy atom. The minimum Gasteiger partial charge on any atom is -0.360 e. The van der Waals surface area contributed by atoms with Gasteiger partial charge in [0.25, 0.3) is 0 Å². The van der Waals surface area contributed by atoms with Crippen molar-refractivity contribution in [1.82, 2.24) is 10.1 Å². The maximum atomic E-state index is 12.3. The van der Waals surface area contributed by atoms with Crippen LogP contribution in [0.2, 0.25) is 0 Å². The van der Waals surface area contributed by atoms with Crippen LogP contribution in [-0.2, 0) is 4.79 Å². The Morgan fingerprint density at radius 1 is 1.45 bits per heavy atom. The number of hydrogen-bond donors (Lipinski definition) is 1. The molecule has 2 aromatic heterocycles. The van der Waals surface area contributed by atoms with Crippen LogP contribution in [0.5, 0.6) is 0 Å². The fourth-order valence-corrected chi connectivity index (χ4v) is 4.21. The van der Waals surface area contributed by atoms with Gasteiger partial charge in [-0.05, 0) is 25.5 Å². The number of carbonyl (C=O) groups is 1. The SMILES string of the molecule is CC[C@@H](Sc1nc2ccccc2s1)C(=O)Nc1cc(C)on1. The Balaban J connectivity index is 1.71. The van der Waals surface area contributed by atoms with Crippen molar-refractivity contribution in [1.29, 1.82) is 0 Å². The van der Waals surface area contributed by atoms with Crippen LogP contribution >= 0.6 is 23.1 Å². The molecule has 1 atom stereocenters. The van der Waals surface area contributed by atoms with Crippen molar-refractivity contribution >= 4 is 45.0 Å². The number of nitrogens with one attached hydrogen (secondary N) is 1. The van der Waals surface area contributed by atoms with Gasteiger partial charge in [-0.25, -0.2) is 4.98 Å². The second-order valence-corrected chi connectivity index (χ2v) is 7.25. The number of rotatable bonds is 5. The lowest BCUT2D eigenvalue weighted by Crippen LogP contribution is -2.24. The first-order valence-electron chi connectivity index (χ1n) is 6.92. The summed E-state index contributed by atoms with van der Waals surface area (Å²) in [6.45, 7) is 3.77. The number of benzene rings is 1. The van der Waals surface area contributed by atoms with Crippen molar-refractivity contribution < 1.29 is 9.32 Å². The molecule has 1 N–H and O–H groups in total. The maximum absolute atomic E-state index is 12.3. The van der Waals surface area contributed by atoms with Crippen LogP contribution < -0.4 is 5.32 Å². The largest absolute Gasteiger partial charge is 0.360 e. The van der Waals surface area contributed by atoms with Crippen LogP contribution in [0.1, 0.15) is 19.1 Å². The molecule has 0 fully saturated rings. The molecule has 0 bridgehead atoms. The van der Waals surface area contributed by atoms with Gasteiger partial charge in [0, 0.05) is 6.07 Å². The summed E-state index contributed by atoms with van der Waals surface area (Å²) in [4.78, 5) is 16.9. The number of amides is 1. The number of nitrogens with zero attached hydrogens (tertiary/aromatic N) is 2. The van der Waals surface area contributed by atoms with E-state index in [2.05, 4.69) is 15.5 Å². The van der Waals surface area contributed by atoms with Crippen LogP contribution in [0, 0.1) is 6.92 Å². The number of thioether (sulfide) groups is 1. The highest BCUT2D eigenvalue weighted by Crippen LogP contribution is 2.33. The molecule has 0 aliphatic rings. The van der Waals surface area contributed by atoms with Gasteiger partial charge in [0.15, 0.2) is 10.2 Å². The minimum absolute atomic E-state index is 0.0833. The van der Waals surface area contributed by atoms with Crippen LogP contribution in [0.4, 0.5) is 5.82 Å². The van der Waals surface area contributed by atoms with Gasteiger partial charge in [-0.15, -0.1) is 11.3 Å². The van der Waals surface area contributed by atoms with E-state index in [4.69, 9.17) is 4.52 Å². The van der Waals surface area contributed by atoms with E-state index in [1.165, 1.54) is 11.8 Å². The van der Waals surface area contributed by atoms with Gasteiger partial charge in [-0.1, -0.05) is 36.0 Å². The Labute approximate surface area is 136 Å². The van der Waals surface area contributed by atoms with Gasteiger partial charge in [-0.3, -0.25) is 4.79 Å². The predicted octanol–water partition coefficient (Wildman–Crippen LogP) is 4.10. The number of carbonyl (C=O) groups excluding carboxylic acids is 1. The van der Waals surface area contributed by atoms with E-state index in [-0.39, 0.29) is 11.2 Å². The zero-order valence-corrected chi connectivity index (χ0v) is 13.8. The first-order valence-corrected chi connectivity index (χ1v) is 8.61. The molecule has 114 valence electrons. The summed E-state index contributed by atoms with van der Waals surface area (Å²) in [5.41, 5.74) is 0.970. The molecule has 0 spiro atoms. The molecule has 22 heavy (non-hydrogen) atoms. The third-order valence-electron chi connectivity index (χ3n) is 3.06. The smallest absolute Gasteiger partial charge is 0.239 e. The van der Waals surface area contributed by atoms with Crippen LogP contribution in [0.25, 0.3) is 10.2 Å². The fourth-order valence-electron chi connectivity index (χ4n) is 1.98. The van der Waals surface area contributed by atoms with E-state index in [1.54, 1.807) is 24.3 Å². The Bertz CT molecular complexity index is 764. The molecule has 1 amide bonds. The lowest BCUT2D eigenvalue weighted by molar-refractivity contribution is -0.115. The summed E-state index contributed by atoms with van der Waals surface area (Å²) in [6.07, 6.45) is 0.712. The standard InChI is InChI=1S/C15H15N3O2S2/c1-3-11(14(19)17-13-8-9(2)20-18-13)21-15-16-10-6-4-5-7-12(10)22-15/h4-8,11H,3H2,1-2H3,(H,17,18,19)/t11-/m1/s1. The molecular weight excluding hydrogens is 318 g/mol. The second kappa shape index (κ2) is 6.50. The van der Waals surface area contributed by atoms with Crippen LogP contribution in [-0.4, -0.2) is 21.3 Å². The van der Waals surface area contributed by atoms with E-state index >= 15 is 0 Å². The number of hydrogen-bond acceptors (Lipinski definition) is 6. The quantitative estimate of drug-likeness (QED) is 0.712. The molecule has 0 aliphatic heterocycles. The summed E-state index contributed by atoms with van der Waals surface area (Å²) in [6, 6.07) is 9.68. The average molecular weight is 333 g/mol. The van der Waals surface area contributed by atoms with E-state index < -0.39 is 0 Å². The van der Waals surface area contributed by atoms with Crippen molar-refractivity contribution in [2.45, 2.75) is 29.9 Å². The van der Waals surface area contributed by atoms with Gasteiger partial charge in [-0.2, -0.15) is 0 Å². The third kappa shape index (κ3) is 3.31. The third-order valence-corrected chi connectivity index (χ3v) is 5.55. The highest BCUT2D eigenvalue weighted by Gasteiger charge is 2.21. The van der Waals surface area contributed by atoms with Crippen molar-refractivity contribution in [3.63, 3.8) is 0 Å². The Hall–Kier alpha value is -1.86. The summed E-state index contributed by atoms with van der Waals surface area (Å²) in [7, 11) is 0. The molecular formula is C15H15N3O2S2. The maximum Gasteiger partial charge on any atom is 0.239 e. The second-order valence-electron chi connectivity index (χ2n) is 4.77. The minimum atomic E-state index is -0.211. The van der Waals surface area contributed by atoms with Gasteiger partial charge in [0.2, 0.25) is 5.91 Å². The Kier molecular flexibility index (Phi) is 4.44. The predicted molar refractivity (Wildman–Crippen MR) is 89.4 cm³/mol. The molecule has 2 heterocycles. The van der Waals surface area contributed by atoms with Crippen molar-refractivity contribution in [3.05, 3.63) is 36.1 Å². The van der Waals surface area contributed by atoms with E-state index in [1.807, 2.05) is 31.2 Å². The van der Waals surface area contributed by atoms with Crippen molar-refractivity contribution in [2.75, 3.05) is 5.32 Å². The molecule has 0 radical (unpaired) electrons. The molecule has 0 unspecified atom stereocenters. The number of aromatic nitrogens is 2. The van der Waals surface area contributed by atoms with E-state index in [0.717, 1.165) is 14.6 Å². The van der Waals surface area contributed by atoms with E-state index in [9.17, 15) is 4.79 Å². The highest BCUT2D eigenvalue weighted by molar-refractivity contribution is 8.02. The van der Waals surface area contributed by atoms with Crippen molar-refractivity contribution in [2.24, 2.45) is 0 Å². The van der Waals surface area contributed by atoms with Gasteiger partial charge >= 0.3 is 0 Å². The van der Waals surface area contributed by atoms with Crippen molar-refractivity contribution in [3.8, 4) is 0 Å². The zero-order chi connectivity index (χ0) is 15.5. The monoisotopic (exact) mass is 333 g/mol. The fraction of sp³-hybridized carbons (Fsp3) is 0.267. The average Bonchev–Trinajstić information content (AvgIpc) is 3.10. The zero-order valence-electron chi connectivity index (χ0n) is 12.2. The summed E-state index contributed by atoms with van der Waals surface area (Å²) in [5.74, 6) is 1.04. The summed E-state index contributed by atoms with van der Waals surface area (Å²) < 4.78 is 6.99. The Morgan fingerprint density at radius 3 is 2.95 bits per heavy atom. The summed E-state index contributed by atoms with van der Waals surface area (Å²) >= 11 is 3.09. The molecule has 0 aliphatic carbocycles. The highest BCUT2D eigenvalue weighted by atomic mass is 32.2. The molecule has 1 aromatic carbocycles. The van der Waals surface area contributed by atoms with Crippen LogP contribution in [0.3, 0.4) is 0 Å². The molecule has 0 saturated heterocycles. The summed E-state index contributed by atoms with van der Waals surface area (Å²) in [5, 5.41) is 6.35. The number of fused-ring (bicyclic) bond motifs is 1. The lowest BCUT2D eigenvalue weighted by atomic mass is 10.3. The van der Waals surface area contributed by atoms with Crippen LogP contribution in [0.15, 0.2) is 39.2 Å². The van der Waals surface area contributed by atoms with E-state index in [0.29, 0.717) is 18.0 Å². The molecule has 5 nitrogen and oxygen atoms in total. The molecule has 7 heteroatoms. The van der Waals surface area contributed by atoms with Gasteiger partial charge in [0.1, 0.15) is 5.76 Å². The lowest BCUT2D eigenvalue weighted by Gasteiger charge is -2.11. The normalized spacial score (nSPS) is 12.5. The first-order chi connectivity index (χ1) is 10.7. The molecule has 3 aromatic rings. The van der Waals surface area contributed by atoms with Gasteiger partial charge < -0.3 is 9.84 Å². The number of anilines is 1. The molecule has 3 rings (SSSR count). The topological polar surface area (TPSA) is 68.0 Å². The number of para-hydroxylation sites is 1. The first kappa shape index (κ1) is 15.1.